The fourth-order valence-corrected chi connectivity index (χ4v) is 7.25. The van der Waals surface area contributed by atoms with Crippen LogP contribution in [0.3, 0.4) is 0 Å². The number of fused-ring (bicyclic) bond motifs is 3. The van der Waals surface area contributed by atoms with Crippen LogP contribution in [0.1, 0.15) is 82.0 Å². The number of nitrogens with zero attached hydrogens (tertiary/aromatic N) is 4. The van der Waals surface area contributed by atoms with Gasteiger partial charge in [-0.05, 0) is 96.3 Å². The van der Waals surface area contributed by atoms with E-state index < -0.39 is 0 Å². The molecule has 0 atom stereocenters. The summed E-state index contributed by atoms with van der Waals surface area (Å²) in [4.78, 5) is 4.74. The lowest BCUT2D eigenvalue weighted by atomic mass is 9.82. The van der Waals surface area contributed by atoms with E-state index in [1.54, 1.807) is 0 Å². The van der Waals surface area contributed by atoms with Crippen molar-refractivity contribution in [3.8, 4) is 34.1 Å². The smallest absolute Gasteiger partial charge is 0.137 e. The van der Waals surface area contributed by atoms with Crippen molar-refractivity contribution in [2.75, 3.05) is 0 Å². The highest BCUT2D eigenvalue weighted by Gasteiger charge is 2.24. The minimum Gasteiger partial charge on any atom is -0.457 e. The largest absolute Gasteiger partial charge is 0.457 e. The summed E-state index contributed by atoms with van der Waals surface area (Å²) in [5, 5.41) is 7.65. The van der Waals surface area contributed by atoms with Crippen molar-refractivity contribution in [2.45, 2.75) is 79.6 Å². The van der Waals surface area contributed by atoms with E-state index in [2.05, 4.69) is 150 Å². The molecule has 0 aliphatic rings. The minimum atomic E-state index is 0.0962. The molecule has 0 bridgehead atoms. The van der Waals surface area contributed by atoms with Crippen molar-refractivity contribution >= 4 is 21.8 Å². The van der Waals surface area contributed by atoms with Crippen LogP contribution in [0.2, 0.25) is 0 Å². The molecule has 3 heterocycles. The molecular formula is C44H46N4O. The summed E-state index contributed by atoms with van der Waals surface area (Å²) < 4.78 is 11.0. The SMILES string of the molecule is CCCc1c(-c2ccc(C(C)(C)C)c(C)c2)c(C(C)C)nn1-c1cccc(Oc2ccc3c4ccccc4n(-c4cc(C)ccn4)c3c2)c1. The quantitative estimate of drug-likeness (QED) is 0.165. The van der Waals surface area contributed by atoms with Gasteiger partial charge < -0.3 is 4.74 Å². The third-order valence-electron chi connectivity index (χ3n) is 9.44. The van der Waals surface area contributed by atoms with E-state index >= 15 is 0 Å². The van der Waals surface area contributed by atoms with Crippen molar-refractivity contribution < 1.29 is 4.74 Å². The van der Waals surface area contributed by atoms with Crippen molar-refractivity contribution in [1.82, 2.24) is 19.3 Å². The van der Waals surface area contributed by atoms with Crippen LogP contribution in [-0.2, 0) is 11.8 Å². The lowest BCUT2D eigenvalue weighted by Gasteiger charge is -2.22. The standard InChI is InChI=1S/C44H46N4O/c1-9-13-39-42(31-18-21-37(30(5)25-31)44(6,7)8)43(28(2)3)46-48(39)32-14-12-15-33(26-32)49-34-19-20-36-35-16-10-11-17-38(35)47(40(36)27-34)41-24-29(4)22-23-45-41/h10-12,14-28H,9,13H2,1-8H3. The van der Waals surface area contributed by atoms with Gasteiger partial charge in [0.25, 0.3) is 0 Å². The van der Waals surface area contributed by atoms with Crippen LogP contribution in [0.25, 0.3) is 44.4 Å². The van der Waals surface area contributed by atoms with Crippen molar-refractivity contribution in [1.29, 1.82) is 0 Å². The zero-order valence-electron chi connectivity index (χ0n) is 30.0. The number of hydrogen-bond donors (Lipinski definition) is 0. The second-order valence-electron chi connectivity index (χ2n) is 14.6. The number of rotatable bonds is 8. The van der Waals surface area contributed by atoms with E-state index in [9.17, 15) is 0 Å². The van der Waals surface area contributed by atoms with E-state index in [4.69, 9.17) is 14.8 Å². The first kappa shape index (κ1) is 32.4. The molecule has 5 nitrogen and oxygen atoms in total. The molecule has 0 saturated carbocycles. The number of pyridine rings is 1. The molecule has 4 aromatic carbocycles. The van der Waals surface area contributed by atoms with Gasteiger partial charge in [-0.2, -0.15) is 5.10 Å². The molecule has 0 N–H and O–H groups in total. The van der Waals surface area contributed by atoms with Gasteiger partial charge in [-0.1, -0.05) is 90.4 Å². The Hall–Kier alpha value is -5.16. The Kier molecular flexibility index (Phi) is 8.40. The van der Waals surface area contributed by atoms with Crippen LogP contribution < -0.4 is 4.74 Å². The number of ether oxygens (including phenoxy) is 1. The lowest BCUT2D eigenvalue weighted by Crippen LogP contribution is -2.13. The maximum atomic E-state index is 6.61. The van der Waals surface area contributed by atoms with E-state index in [-0.39, 0.29) is 11.3 Å². The molecule has 0 aliphatic heterocycles. The number of aryl methyl sites for hydroxylation is 2. The number of hydrogen-bond acceptors (Lipinski definition) is 3. The first-order valence-electron chi connectivity index (χ1n) is 17.5. The molecule has 0 radical (unpaired) electrons. The first-order chi connectivity index (χ1) is 23.5. The van der Waals surface area contributed by atoms with Crippen LogP contribution in [0.5, 0.6) is 11.5 Å². The zero-order chi connectivity index (χ0) is 34.4. The van der Waals surface area contributed by atoms with Gasteiger partial charge in [-0.3, -0.25) is 4.57 Å². The van der Waals surface area contributed by atoms with Crippen molar-refractivity contribution in [2.24, 2.45) is 0 Å². The van der Waals surface area contributed by atoms with Crippen LogP contribution in [0, 0.1) is 13.8 Å². The maximum Gasteiger partial charge on any atom is 0.137 e. The molecule has 0 amide bonds. The molecule has 3 aromatic heterocycles. The summed E-state index contributed by atoms with van der Waals surface area (Å²) >= 11 is 0. The van der Waals surface area contributed by atoms with E-state index in [0.717, 1.165) is 52.6 Å². The fraction of sp³-hybridized carbons (Fsp3) is 0.273. The highest BCUT2D eigenvalue weighted by Crippen LogP contribution is 2.39. The Morgan fingerprint density at radius 2 is 1.55 bits per heavy atom. The van der Waals surface area contributed by atoms with Gasteiger partial charge in [0.2, 0.25) is 0 Å². The molecule has 0 unspecified atom stereocenters. The Morgan fingerprint density at radius 3 is 2.29 bits per heavy atom. The second-order valence-corrected chi connectivity index (χ2v) is 14.6. The van der Waals surface area contributed by atoms with E-state index in [1.807, 2.05) is 18.3 Å². The predicted octanol–water partition coefficient (Wildman–Crippen LogP) is 11.8. The van der Waals surface area contributed by atoms with Gasteiger partial charge >= 0.3 is 0 Å². The Morgan fingerprint density at radius 1 is 0.776 bits per heavy atom. The van der Waals surface area contributed by atoms with Gasteiger partial charge in [0.15, 0.2) is 0 Å². The summed E-state index contributed by atoms with van der Waals surface area (Å²) in [7, 11) is 0. The van der Waals surface area contributed by atoms with Crippen LogP contribution in [-0.4, -0.2) is 19.3 Å². The van der Waals surface area contributed by atoms with E-state index in [1.165, 1.54) is 44.3 Å². The molecular weight excluding hydrogens is 601 g/mol. The third-order valence-corrected chi connectivity index (χ3v) is 9.44. The maximum absolute atomic E-state index is 6.61. The van der Waals surface area contributed by atoms with Crippen LogP contribution in [0.15, 0.2) is 103 Å². The summed E-state index contributed by atoms with van der Waals surface area (Å²) in [6.45, 7) is 17.9. The predicted molar refractivity (Wildman–Crippen MR) is 204 cm³/mol. The van der Waals surface area contributed by atoms with Crippen LogP contribution in [0.4, 0.5) is 0 Å². The van der Waals surface area contributed by atoms with Crippen molar-refractivity contribution in [3.05, 3.63) is 131 Å². The topological polar surface area (TPSA) is 44.9 Å². The average Bonchev–Trinajstić information content (AvgIpc) is 3.60. The second kappa shape index (κ2) is 12.7. The molecule has 7 rings (SSSR count). The summed E-state index contributed by atoms with van der Waals surface area (Å²) in [5.74, 6) is 2.71. The molecule has 0 spiro atoms. The fourth-order valence-electron chi connectivity index (χ4n) is 7.25. The molecule has 0 saturated heterocycles. The number of aromatic nitrogens is 4. The van der Waals surface area contributed by atoms with Gasteiger partial charge in [-0.25, -0.2) is 9.67 Å². The third kappa shape index (κ3) is 6.03. The van der Waals surface area contributed by atoms with Crippen LogP contribution >= 0.6 is 0 Å². The normalized spacial score (nSPS) is 12.0. The van der Waals surface area contributed by atoms with Gasteiger partial charge in [-0.15, -0.1) is 0 Å². The van der Waals surface area contributed by atoms with Gasteiger partial charge in [0, 0.05) is 34.7 Å². The molecule has 7 aromatic rings. The molecule has 248 valence electrons. The Bertz CT molecular complexity index is 2310. The summed E-state index contributed by atoms with van der Waals surface area (Å²) in [5.41, 5.74) is 12.0. The number of benzene rings is 4. The average molecular weight is 647 g/mol. The Balaban J connectivity index is 1.30. The van der Waals surface area contributed by atoms with Gasteiger partial charge in [0.1, 0.15) is 17.3 Å². The van der Waals surface area contributed by atoms with E-state index in [0.29, 0.717) is 0 Å². The summed E-state index contributed by atoms with van der Waals surface area (Å²) in [6, 6.07) is 34.3. The molecule has 49 heavy (non-hydrogen) atoms. The lowest BCUT2D eigenvalue weighted by molar-refractivity contribution is 0.482. The monoisotopic (exact) mass is 646 g/mol. The molecule has 0 fully saturated rings. The molecule has 0 aliphatic carbocycles. The zero-order valence-corrected chi connectivity index (χ0v) is 30.0. The summed E-state index contributed by atoms with van der Waals surface area (Å²) in [6.07, 6.45) is 3.82. The highest BCUT2D eigenvalue weighted by atomic mass is 16.5. The number of para-hydroxylation sites is 1. The first-order valence-corrected chi connectivity index (χ1v) is 17.5. The highest BCUT2D eigenvalue weighted by molar-refractivity contribution is 6.09. The minimum absolute atomic E-state index is 0.0962. The molecule has 5 heteroatoms. The van der Waals surface area contributed by atoms with Crippen molar-refractivity contribution in [3.63, 3.8) is 0 Å². The Labute approximate surface area is 290 Å². The van der Waals surface area contributed by atoms with Gasteiger partial charge in [0.05, 0.1) is 28.1 Å².